The van der Waals surface area contributed by atoms with Gasteiger partial charge in [-0.1, -0.05) is 20.8 Å². The first kappa shape index (κ1) is 27.9. The maximum atomic E-state index is 12.5. The van der Waals surface area contributed by atoms with Crippen molar-refractivity contribution in [1.29, 1.82) is 0 Å². The predicted molar refractivity (Wildman–Crippen MR) is 135 cm³/mol. The number of aliphatic hydroxyl groups excluding tert-OH is 2. The summed E-state index contributed by atoms with van der Waals surface area (Å²) >= 11 is 0. The Kier molecular flexibility index (Phi) is 7.93. The zero-order valence-electron chi connectivity index (χ0n) is 21.9. The minimum absolute atomic E-state index is 0.0693. The molecule has 0 aromatic heterocycles. The number of nitrogens with zero attached hydrogens (tertiary/aromatic N) is 2. The molecule has 36 heavy (non-hydrogen) atoms. The molecule has 1 amide bonds. The van der Waals surface area contributed by atoms with Crippen LogP contribution in [0.25, 0.3) is 0 Å². The van der Waals surface area contributed by atoms with Crippen molar-refractivity contribution in [3.63, 3.8) is 0 Å². The summed E-state index contributed by atoms with van der Waals surface area (Å²) in [5, 5.41) is 25.1. The summed E-state index contributed by atoms with van der Waals surface area (Å²) in [7, 11) is -4.29. The number of amides is 1. The third-order valence-corrected chi connectivity index (χ3v) is 12.0. The van der Waals surface area contributed by atoms with E-state index in [4.69, 9.17) is 4.55 Å². The molecule has 0 aromatic carbocycles. The lowest BCUT2D eigenvalue weighted by molar-refractivity contribution is -0.175. The quantitative estimate of drug-likeness (QED) is 0.247. The van der Waals surface area contributed by atoms with Gasteiger partial charge in [0.1, 0.15) is 0 Å². The zero-order valence-corrected chi connectivity index (χ0v) is 22.7. The molecule has 3 N–H and O–H groups in total. The van der Waals surface area contributed by atoms with E-state index in [1.165, 1.54) is 0 Å². The van der Waals surface area contributed by atoms with E-state index in [1.54, 1.807) is 0 Å². The molecule has 4 aliphatic rings. The first-order valence-electron chi connectivity index (χ1n) is 13.8. The number of aliphatic hydroxyl groups is 2. The molecule has 4 rings (SSSR count). The molecule has 10 heteroatoms. The van der Waals surface area contributed by atoms with Gasteiger partial charge in [0.2, 0.25) is 5.91 Å². The average Bonchev–Trinajstić information content (AvgIpc) is 3.17. The molecular formula is C26H44N2O7S. The van der Waals surface area contributed by atoms with Crippen molar-refractivity contribution < 1.29 is 28.0 Å². The van der Waals surface area contributed by atoms with Crippen LogP contribution < -0.4 is 0 Å². The number of fused-ring (bicyclic) bond motifs is 5. The minimum atomic E-state index is -4.29. The highest BCUT2D eigenvalue weighted by molar-refractivity contribution is 7.85. The molecule has 10 atom stereocenters. The van der Waals surface area contributed by atoms with Crippen LogP contribution >= 0.6 is 0 Å². The number of hydrogen-bond acceptors (Lipinski definition) is 7. The summed E-state index contributed by atoms with van der Waals surface area (Å²) < 4.78 is 30.8. The first-order chi connectivity index (χ1) is 16.8. The molecule has 0 saturated heterocycles. The molecule has 0 heterocycles. The fourth-order valence-corrected chi connectivity index (χ4v) is 9.66. The molecule has 206 valence electrons. The van der Waals surface area contributed by atoms with Crippen LogP contribution in [-0.2, 0) is 14.9 Å². The second-order valence-electron chi connectivity index (χ2n) is 12.8. The third-order valence-electron chi connectivity index (χ3n) is 11.3. The van der Waals surface area contributed by atoms with Gasteiger partial charge in [-0.25, -0.2) is 0 Å². The Labute approximate surface area is 215 Å². The fourth-order valence-electron chi connectivity index (χ4n) is 9.25. The van der Waals surface area contributed by atoms with Crippen LogP contribution in [0.2, 0.25) is 0 Å². The minimum Gasteiger partial charge on any atom is -0.393 e. The lowest BCUT2D eigenvalue weighted by atomic mass is 9.43. The first-order valence-corrected chi connectivity index (χ1v) is 15.4. The molecule has 4 fully saturated rings. The van der Waals surface area contributed by atoms with Gasteiger partial charge in [0.05, 0.1) is 29.8 Å². The number of hydrogen-bond donors (Lipinski definition) is 3. The average molecular weight is 529 g/mol. The van der Waals surface area contributed by atoms with Crippen LogP contribution in [0.15, 0.2) is 5.29 Å². The van der Waals surface area contributed by atoms with Crippen LogP contribution in [0.4, 0.5) is 0 Å². The van der Waals surface area contributed by atoms with Gasteiger partial charge < -0.3 is 10.2 Å². The molecular weight excluding hydrogens is 484 g/mol. The van der Waals surface area contributed by atoms with E-state index in [9.17, 15) is 28.3 Å². The SMILES string of the molecule is C[C@H](CCC(=O)N(CCS(=O)(=O)O)N=O)[C@H]1CC[C@H]2[C@@H]3CCC4C[C@H](O)CC[C@]4(C)[C@H]3C[C@H](O)[C@]12C. The smallest absolute Gasteiger partial charge is 0.266 e. The summed E-state index contributed by atoms with van der Waals surface area (Å²) in [6, 6.07) is 0. The molecule has 0 bridgehead atoms. The van der Waals surface area contributed by atoms with Gasteiger partial charge in [-0.3, -0.25) is 9.35 Å². The Morgan fingerprint density at radius 3 is 2.47 bits per heavy atom. The van der Waals surface area contributed by atoms with Crippen molar-refractivity contribution >= 4 is 16.0 Å². The van der Waals surface area contributed by atoms with Gasteiger partial charge in [0.25, 0.3) is 10.1 Å². The zero-order chi connectivity index (χ0) is 26.5. The van der Waals surface area contributed by atoms with Crippen molar-refractivity contribution in [1.82, 2.24) is 5.01 Å². The van der Waals surface area contributed by atoms with Crippen molar-refractivity contribution in [3.8, 4) is 0 Å². The molecule has 1 unspecified atom stereocenters. The topological polar surface area (TPSA) is 145 Å². The van der Waals surface area contributed by atoms with Gasteiger partial charge in [0, 0.05) is 6.42 Å². The van der Waals surface area contributed by atoms with E-state index in [-0.39, 0.29) is 35.2 Å². The molecule has 0 radical (unpaired) electrons. The molecule has 4 aliphatic carbocycles. The number of carbonyl (C=O) groups excluding carboxylic acids is 1. The van der Waals surface area contributed by atoms with Crippen molar-refractivity contribution in [3.05, 3.63) is 4.91 Å². The number of carbonyl (C=O) groups is 1. The highest BCUT2D eigenvalue weighted by Crippen LogP contribution is 2.68. The van der Waals surface area contributed by atoms with Gasteiger partial charge in [-0.2, -0.15) is 13.4 Å². The van der Waals surface area contributed by atoms with Crippen molar-refractivity contribution in [2.75, 3.05) is 12.3 Å². The second kappa shape index (κ2) is 10.2. The van der Waals surface area contributed by atoms with Crippen LogP contribution in [0.1, 0.15) is 85.0 Å². The lowest BCUT2D eigenvalue weighted by Crippen LogP contribution is -2.58. The summed E-state index contributed by atoms with van der Waals surface area (Å²) in [4.78, 5) is 23.6. The number of rotatable bonds is 8. The Hall–Kier alpha value is -1.10. The Bertz CT molecular complexity index is 945. The van der Waals surface area contributed by atoms with Gasteiger partial charge in [-0.05, 0) is 104 Å². The van der Waals surface area contributed by atoms with E-state index < -0.39 is 34.4 Å². The monoisotopic (exact) mass is 528 g/mol. The van der Waals surface area contributed by atoms with Crippen LogP contribution in [0, 0.1) is 51.2 Å². The summed E-state index contributed by atoms with van der Waals surface area (Å²) in [6.45, 7) is 6.31. The number of nitroso groups, excluding NO2 is 1. The van der Waals surface area contributed by atoms with Crippen molar-refractivity contribution in [2.24, 2.45) is 51.6 Å². The fraction of sp³-hybridized carbons (Fsp3) is 0.962. The second-order valence-corrected chi connectivity index (χ2v) is 14.4. The highest BCUT2D eigenvalue weighted by atomic mass is 32.2. The lowest BCUT2D eigenvalue weighted by Gasteiger charge is -2.62. The summed E-state index contributed by atoms with van der Waals surface area (Å²) in [5.41, 5.74) is -0.0253. The standard InChI is InChI=1S/C26H44N2O7S/c1-16(4-9-24(31)28(27-32)12-13-36(33,34)35)20-7-8-21-19-6-5-17-14-18(29)10-11-25(17,2)22(19)15-23(30)26(20,21)3/h16-23,29-30H,4-15H2,1-3H3,(H,33,34,35)/t16-,17?,18-,19+,20-,21+,22+,23+,25+,26-/m1/s1. The summed E-state index contributed by atoms with van der Waals surface area (Å²) in [5.74, 6) is 1.21. The maximum absolute atomic E-state index is 12.5. The third kappa shape index (κ3) is 4.99. The summed E-state index contributed by atoms with van der Waals surface area (Å²) in [6.07, 6.45) is 8.02. The van der Waals surface area contributed by atoms with Crippen LogP contribution in [0.3, 0.4) is 0 Å². The van der Waals surface area contributed by atoms with Crippen LogP contribution in [0.5, 0.6) is 0 Å². The normalized spacial score (nSPS) is 43.1. The molecule has 9 nitrogen and oxygen atoms in total. The van der Waals surface area contributed by atoms with Crippen molar-refractivity contribution in [2.45, 2.75) is 97.2 Å². The molecule has 0 aliphatic heterocycles. The van der Waals surface area contributed by atoms with Gasteiger partial charge in [0.15, 0.2) is 0 Å². The highest BCUT2D eigenvalue weighted by Gasteiger charge is 2.63. The van der Waals surface area contributed by atoms with E-state index in [0.717, 1.165) is 51.4 Å². The van der Waals surface area contributed by atoms with Crippen LogP contribution in [-0.4, -0.2) is 58.6 Å². The Morgan fingerprint density at radius 1 is 1.08 bits per heavy atom. The van der Waals surface area contributed by atoms with E-state index in [0.29, 0.717) is 35.1 Å². The van der Waals surface area contributed by atoms with E-state index in [2.05, 4.69) is 26.1 Å². The molecule has 0 aromatic rings. The molecule has 4 saturated carbocycles. The Balaban J connectivity index is 1.42. The largest absolute Gasteiger partial charge is 0.393 e. The Morgan fingerprint density at radius 2 is 1.81 bits per heavy atom. The van der Waals surface area contributed by atoms with Gasteiger partial charge >= 0.3 is 0 Å². The van der Waals surface area contributed by atoms with E-state index >= 15 is 0 Å². The van der Waals surface area contributed by atoms with E-state index in [1.807, 2.05) is 0 Å². The predicted octanol–water partition coefficient (Wildman–Crippen LogP) is 3.79. The van der Waals surface area contributed by atoms with Gasteiger partial charge in [-0.15, -0.1) is 4.91 Å². The molecule has 0 spiro atoms. The maximum Gasteiger partial charge on any atom is 0.266 e.